The summed E-state index contributed by atoms with van der Waals surface area (Å²) in [5.74, 6) is -0.817. The lowest BCUT2D eigenvalue weighted by atomic mass is 10.2. The molecule has 1 amide bonds. The fraction of sp³-hybridized carbons (Fsp3) is 0.176. The zero-order valence-electron chi connectivity index (χ0n) is 13.5. The molecule has 0 saturated carbocycles. The summed E-state index contributed by atoms with van der Waals surface area (Å²) < 4.78 is 22.0. The van der Waals surface area contributed by atoms with Gasteiger partial charge in [-0.25, -0.2) is 9.18 Å². The average molecular weight is 329 g/mol. The van der Waals surface area contributed by atoms with Crippen molar-refractivity contribution in [3.05, 3.63) is 58.3 Å². The number of amides is 1. The van der Waals surface area contributed by atoms with E-state index in [1.165, 1.54) is 34.4 Å². The number of halogens is 1. The molecule has 3 aromatic rings. The molecule has 0 fully saturated rings. The predicted molar refractivity (Wildman–Crippen MR) is 89.1 cm³/mol. The van der Waals surface area contributed by atoms with E-state index >= 15 is 0 Å². The van der Waals surface area contributed by atoms with Crippen LogP contribution in [0.5, 0.6) is 5.75 Å². The van der Waals surface area contributed by atoms with Gasteiger partial charge in [0, 0.05) is 20.2 Å². The van der Waals surface area contributed by atoms with Gasteiger partial charge in [-0.15, -0.1) is 0 Å². The van der Waals surface area contributed by atoms with Gasteiger partial charge in [-0.05, 0) is 18.2 Å². The van der Waals surface area contributed by atoms with Crippen LogP contribution in [-0.4, -0.2) is 22.2 Å². The number of carbonyl (C=O) groups excluding carboxylic acids is 1. The van der Waals surface area contributed by atoms with Gasteiger partial charge in [-0.1, -0.05) is 12.1 Å². The zero-order chi connectivity index (χ0) is 17.4. The molecule has 2 aromatic carbocycles. The number of fused-ring (bicyclic) bond motifs is 1. The van der Waals surface area contributed by atoms with E-state index in [1.807, 2.05) is 0 Å². The molecule has 0 bridgehead atoms. The Morgan fingerprint density at radius 2 is 1.75 bits per heavy atom. The first-order valence-corrected chi connectivity index (χ1v) is 7.23. The van der Waals surface area contributed by atoms with Gasteiger partial charge in [0.15, 0.2) is 0 Å². The first kappa shape index (κ1) is 15.8. The highest BCUT2D eigenvalue weighted by Crippen LogP contribution is 2.30. The van der Waals surface area contributed by atoms with Crippen LogP contribution in [0.15, 0.2) is 41.2 Å². The van der Waals surface area contributed by atoms with E-state index in [4.69, 9.17) is 4.74 Å². The number of ether oxygens (including phenoxy) is 1. The third-order valence-corrected chi connectivity index (χ3v) is 3.96. The van der Waals surface area contributed by atoms with Crippen molar-refractivity contribution in [2.45, 2.75) is 0 Å². The highest BCUT2D eigenvalue weighted by molar-refractivity contribution is 6.06. The van der Waals surface area contributed by atoms with E-state index < -0.39 is 11.7 Å². The summed E-state index contributed by atoms with van der Waals surface area (Å²) in [7, 11) is 4.75. The van der Waals surface area contributed by atoms with Crippen molar-refractivity contribution in [3.63, 3.8) is 0 Å². The van der Waals surface area contributed by atoms with Gasteiger partial charge in [0.05, 0.1) is 29.4 Å². The van der Waals surface area contributed by atoms with Crippen molar-refractivity contribution in [3.8, 4) is 5.75 Å². The molecular formula is C17H16FN3O3. The van der Waals surface area contributed by atoms with Crippen LogP contribution in [0.3, 0.4) is 0 Å². The van der Waals surface area contributed by atoms with Crippen molar-refractivity contribution in [1.29, 1.82) is 0 Å². The molecule has 0 radical (unpaired) electrons. The molecule has 0 atom stereocenters. The molecule has 0 saturated heterocycles. The third kappa shape index (κ3) is 2.44. The molecule has 0 aliphatic heterocycles. The lowest BCUT2D eigenvalue weighted by Gasteiger charge is -2.11. The lowest BCUT2D eigenvalue weighted by Crippen LogP contribution is -2.19. The van der Waals surface area contributed by atoms with Crippen LogP contribution in [0.4, 0.5) is 10.1 Å². The molecule has 0 unspecified atom stereocenters. The number of methoxy groups -OCH3 is 1. The molecule has 0 aliphatic rings. The van der Waals surface area contributed by atoms with E-state index in [1.54, 1.807) is 32.3 Å². The van der Waals surface area contributed by atoms with E-state index in [0.717, 1.165) is 0 Å². The largest absolute Gasteiger partial charge is 0.494 e. The van der Waals surface area contributed by atoms with Crippen LogP contribution >= 0.6 is 0 Å². The number of rotatable bonds is 3. The highest BCUT2D eigenvalue weighted by Gasteiger charge is 2.17. The molecular weight excluding hydrogens is 313 g/mol. The van der Waals surface area contributed by atoms with Crippen molar-refractivity contribution in [2.75, 3.05) is 12.4 Å². The maximum Gasteiger partial charge on any atom is 0.328 e. The van der Waals surface area contributed by atoms with Gasteiger partial charge in [-0.3, -0.25) is 13.9 Å². The molecule has 1 heterocycles. The Hall–Kier alpha value is -3.09. The molecule has 7 heteroatoms. The lowest BCUT2D eigenvalue weighted by molar-refractivity contribution is 0.102. The summed E-state index contributed by atoms with van der Waals surface area (Å²) in [5, 5.41) is 2.64. The number of nitrogens with one attached hydrogen (secondary N) is 1. The summed E-state index contributed by atoms with van der Waals surface area (Å²) in [6.45, 7) is 0. The summed E-state index contributed by atoms with van der Waals surface area (Å²) in [5.41, 5.74) is 1.40. The Morgan fingerprint density at radius 3 is 2.38 bits per heavy atom. The van der Waals surface area contributed by atoms with Gasteiger partial charge >= 0.3 is 5.69 Å². The summed E-state index contributed by atoms with van der Waals surface area (Å²) >= 11 is 0. The van der Waals surface area contributed by atoms with Crippen molar-refractivity contribution in [1.82, 2.24) is 9.13 Å². The Bertz CT molecular complexity index is 1000. The maximum atomic E-state index is 13.8. The van der Waals surface area contributed by atoms with Crippen LogP contribution in [0.25, 0.3) is 11.0 Å². The Morgan fingerprint density at radius 1 is 1.12 bits per heavy atom. The maximum absolute atomic E-state index is 13.8. The van der Waals surface area contributed by atoms with Crippen molar-refractivity contribution < 1.29 is 13.9 Å². The molecule has 0 spiro atoms. The van der Waals surface area contributed by atoms with Gasteiger partial charge in [-0.2, -0.15) is 0 Å². The highest BCUT2D eigenvalue weighted by atomic mass is 19.1. The number of carbonyl (C=O) groups is 1. The zero-order valence-corrected chi connectivity index (χ0v) is 13.5. The Labute approximate surface area is 137 Å². The summed E-state index contributed by atoms with van der Waals surface area (Å²) in [6, 6.07) is 9.00. The van der Waals surface area contributed by atoms with Crippen LogP contribution < -0.4 is 15.7 Å². The van der Waals surface area contributed by atoms with E-state index in [2.05, 4.69) is 5.32 Å². The number of hydrogen-bond acceptors (Lipinski definition) is 3. The SMILES string of the molecule is COc1cc2c(cc1NC(=O)c1ccccc1F)n(C)c(=O)n2C. The standard InChI is InChI=1S/C17H16FN3O3/c1-20-13-8-12(15(24-3)9-14(13)21(2)17(20)23)19-16(22)10-6-4-5-7-11(10)18/h4-9H,1-3H3,(H,19,22). The number of aryl methyl sites for hydroxylation is 2. The van der Waals surface area contributed by atoms with E-state index in [0.29, 0.717) is 22.5 Å². The average Bonchev–Trinajstić information content (AvgIpc) is 2.78. The number of imidazole rings is 1. The first-order valence-electron chi connectivity index (χ1n) is 7.23. The van der Waals surface area contributed by atoms with Crippen molar-refractivity contribution >= 4 is 22.6 Å². The van der Waals surface area contributed by atoms with E-state index in [-0.39, 0.29) is 11.3 Å². The number of nitrogens with zero attached hydrogens (tertiary/aromatic N) is 2. The normalized spacial score (nSPS) is 10.8. The fourth-order valence-corrected chi connectivity index (χ4v) is 2.63. The fourth-order valence-electron chi connectivity index (χ4n) is 2.63. The van der Waals surface area contributed by atoms with Gasteiger partial charge in [0.1, 0.15) is 11.6 Å². The van der Waals surface area contributed by atoms with Gasteiger partial charge in [0.2, 0.25) is 0 Å². The smallest absolute Gasteiger partial charge is 0.328 e. The minimum Gasteiger partial charge on any atom is -0.494 e. The van der Waals surface area contributed by atoms with Crippen LogP contribution in [0, 0.1) is 5.82 Å². The monoisotopic (exact) mass is 329 g/mol. The molecule has 0 aliphatic carbocycles. The second-order valence-electron chi connectivity index (χ2n) is 5.38. The molecule has 124 valence electrons. The second-order valence-corrected chi connectivity index (χ2v) is 5.38. The third-order valence-electron chi connectivity index (χ3n) is 3.96. The summed E-state index contributed by atoms with van der Waals surface area (Å²) in [4.78, 5) is 24.4. The topological polar surface area (TPSA) is 65.3 Å². The molecule has 1 N–H and O–H groups in total. The predicted octanol–water partition coefficient (Wildman–Crippen LogP) is 2.28. The molecule has 3 rings (SSSR count). The Kier molecular flexibility index (Phi) is 3.84. The molecule has 1 aromatic heterocycles. The summed E-state index contributed by atoms with van der Waals surface area (Å²) in [6.07, 6.45) is 0. The number of hydrogen-bond donors (Lipinski definition) is 1. The second kappa shape index (κ2) is 5.84. The number of aromatic nitrogens is 2. The Balaban J connectivity index is 2.09. The number of benzene rings is 2. The van der Waals surface area contributed by atoms with Crippen molar-refractivity contribution in [2.24, 2.45) is 14.1 Å². The first-order chi connectivity index (χ1) is 11.4. The van der Waals surface area contributed by atoms with Crippen LogP contribution in [0.2, 0.25) is 0 Å². The van der Waals surface area contributed by atoms with E-state index in [9.17, 15) is 14.0 Å². The quantitative estimate of drug-likeness (QED) is 0.802. The minimum atomic E-state index is -0.609. The van der Waals surface area contributed by atoms with Gasteiger partial charge < -0.3 is 10.1 Å². The van der Waals surface area contributed by atoms with Crippen LogP contribution in [0.1, 0.15) is 10.4 Å². The number of anilines is 1. The van der Waals surface area contributed by atoms with Crippen LogP contribution in [-0.2, 0) is 14.1 Å². The molecule has 24 heavy (non-hydrogen) atoms. The van der Waals surface area contributed by atoms with Gasteiger partial charge in [0.25, 0.3) is 5.91 Å². The molecule has 6 nitrogen and oxygen atoms in total. The minimum absolute atomic E-state index is 0.0680.